The van der Waals surface area contributed by atoms with Crippen LogP contribution in [0.15, 0.2) is 54.6 Å². The molecule has 5 heteroatoms. The highest BCUT2D eigenvalue weighted by Crippen LogP contribution is 2.10. The number of nitrogen functional groups attached to an aromatic ring is 1. The minimum Gasteiger partial charge on any atom is -0.399 e. The van der Waals surface area contributed by atoms with E-state index in [0.29, 0.717) is 17.8 Å². The van der Waals surface area contributed by atoms with Gasteiger partial charge in [0.2, 0.25) is 0 Å². The summed E-state index contributed by atoms with van der Waals surface area (Å²) >= 11 is 0. The molecule has 136 valence electrons. The van der Waals surface area contributed by atoms with E-state index in [2.05, 4.69) is 48.3 Å². The Morgan fingerprint density at radius 1 is 1.04 bits per heavy atom. The average Bonchev–Trinajstić information content (AvgIpc) is 2.61. The molecule has 0 radical (unpaired) electrons. The van der Waals surface area contributed by atoms with Crippen molar-refractivity contribution in [2.75, 3.05) is 25.4 Å². The Labute approximate surface area is 156 Å². The molecular formula is C20H28ClN3O. The molecular weight excluding hydrogens is 334 g/mol. The lowest BCUT2D eigenvalue weighted by Gasteiger charge is -2.30. The molecule has 0 aromatic heterocycles. The summed E-state index contributed by atoms with van der Waals surface area (Å²) in [4.78, 5) is 14.7. The number of nitrogens with one attached hydrogen (secondary N) is 1. The molecule has 2 aromatic rings. The molecule has 2 rings (SSSR count). The van der Waals surface area contributed by atoms with E-state index in [0.717, 1.165) is 19.5 Å². The maximum absolute atomic E-state index is 12.3. The fourth-order valence-electron chi connectivity index (χ4n) is 2.90. The molecule has 0 aliphatic heterocycles. The normalized spacial score (nSPS) is 11.6. The van der Waals surface area contributed by atoms with Crippen LogP contribution < -0.4 is 11.1 Å². The first-order valence-electron chi connectivity index (χ1n) is 8.55. The Morgan fingerprint density at radius 2 is 1.64 bits per heavy atom. The van der Waals surface area contributed by atoms with E-state index < -0.39 is 0 Å². The second-order valence-electron chi connectivity index (χ2n) is 5.90. The second kappa shape index (κ2) is 10.7. The first-order valence-corrected chi connectivity index (χ1v) is 8.55. The molecule has 2 aromatic carbocycles. The van der Waals surface area contributed by atoms with E-state index in [4.69, 9.17) is 5.73 Å². The number of hydrogen-bond donors (Lipinski definition) is 2. The molecule has 0 aliphatic carbocycles. The SMILES string of the molecule is CCN(CC)C(CNC(=O)c1ccc(N)cc1)Cc1ccccc1.Cl. The van der Waals surface area contributed by atoms with E-state index in [9.17, 15) is 4.79 Å². The quantitative estimate of drug-likeness (QED) is 0.709. The Balaban J connectivity index is 0.00000312. The molecule has 4 nitrogen and oxygen atoms in total. The van der Waals surface area contributed by atoms with Gasteiger partial charge in [-0.3, -0.25) is 9.69 Å². The smallest absolute Gasteiger partial charge is 0.251 e. The van der Waals surface area contributed by atoms with Gasteiger partial charge in [0.1, 0.15) is 0 Å². The fourth-order valence-corrected chi connectivity index (χ4v) is 2.90. The third kappa shape index (κ3) is 6.40. The number of carbonyl (C=O) groups is 1. The van der Waals surface area contributed by atoms with E-state index in [1.807, 2.05) is 6.07 Å². The van der Waals surface area contributed by atoms with Crippen molar-refractivity contribution in [3.63, 3.8) is 0 Å². The number of likely N-dealkylation sites (N-methyl/N-ethyl adjacent to an activating group) is 1. The Bertz CT molecular complexity index is 627. The number of halogens is 1. The van der Waals surface area contributed by atoms with Crippen molar-refractivity contribution in [3.8, 4) is 0 Å². The number of anilines is 1. The number of nitrogens with two attached hydrogens (primary N) is 1. The van der Waals surface area contributed by atoms with Crippen LogP contribution in [0.2, 0.25) is 0 Å². The van der Waals surface area contributed by atoms with Crippen LogP contribution in [0.1, 0.15) is 29.8 Å². The van der Waals surface area contributed by atoms with Crippen molar-refractivity contribution in [1.82, 2.24) is 10.2 Å². The summed E-state index contributed by atoms with van der Waals surface area (Å²) in [5.74, 6) is -0.0554. The highest BCUT2D eigenvalue weighted by molar-refractivity contribution is 5.94. The Kier molecular flexibility index (Phi) is 9.03. The third-order valence-electron chi connectivity index (χ3n) is 4.31. The molecule has 0 fully saturated rings. The van der Waals surface area contributed by atoms with Gasteiger partial charge < -0.3 is 11.1 Å². The van der Waals surface area contributed by atoms with Crippen molar-refractivity contribution in [1.29, 1.82) is 0 Å². The number of rotatable bonds is 8. The number of carbonyl (C=O) groups excluding carboxylic acids is 1. The van der Waals surface area contributed by atoms with Gasteiger partial charge in [0.25, 0.3) is 5.91 Å². The molecule has 0 aliphatic rings. The number of nitrogens with zero attached hydrogens (tertiary/aromatic N) is 1. The van der Waals surface area contributed by atoms with Crippen LogP contribution in [0.25, 0.3) is 0 Å². The summed E-state index contributed by atoms with van der Waals surface area (Å²) < 4.78 is 0. The predicted molar refractivity (Wildman–Crippen MR) is 107 cm³/mol. The van der Waals surface area contributed by atoms with Crippen LogP contribution in [0.3, 0.4) is 0 Å². The summed E-state index contributed by atoms with van der Waals surface area (Å²) in [5.41, 5.74) is 8.26. The van der Waals surface area contributed by atoms with Gasteiger partial charge in [0.05, 0.1) is 0 Å². The molecule has 1 unspecified atom stereocenters. The zero-order valence-corrected chi connectivity index (χ0v) is 15.8. The third-order valence-corrected chi connectivity index (χ3v) is 4.31. The van der Waals surface area contributed by atoms with Crippen molar-refractivity contribution >= 4 is 24.0 Å². The van der Waals surface area contributed by atoms with Gasteiger partial charge >= 0.3 is 0 Å². The van der Waals surface area contributed by atoms with E-state index in [-0.39, 0.29) is 24.4 Å². The lowest BCUT2D eigenvalue weighted by Crippen LogP contribution is -2.45. The van der Waals surface area contributed by atoms with E-state index in [1.54, 1.807) is 24.3 Å². The standard InChI is InChI=1S/C20H27N3O.ClH/c1-3-23(4-2)19(14-16-8-6-5-7-9-16)15-22-20(24)17-10-12-18(21)13-11-17;/h5-13,19H,3-4,14-15,21H2,1-2H3,(H,22,24);1H. The van der Waals surface area contributed by atoms with Crippen LogP contribution in [0.5, 0.6) is 0 Å². The monoisotopic (exact) mass is 361 g/mol. The largest absolute Gasteiger partial charge is 0.399 e. The first kappa shape index (κ1) is 21.0. The van der Waals surface area contributed by atoms with Crippen molar-refractivity contribution in [2.24, 2.45) is 0 Å². The Morgan fingerprint density at radius 3 is 2.20 bits per heavy atom. The molecule has 1 atom stereocenters. The van der Waals surface area contributed by atoms with Crippen LogP contribution in [-0.4, -0.2) is 36.5 Å². The van der Waals surface area contributed by atoms with Crippen LogP contribution in [-0.2, 0) is 6.42 Å². The van der Waals surface area contributed by atoms with Crippen molar-refractivity contribution in [3.05, 3.63) is 65.7 Å². The topological polar surface area (TPSA) is 58.4 Å². The van der Waals surface area contributed by atoms with Gasteiger partial charge in [0, 0.05) is 23.8 Å². The highest BCUT2D eigenvalue weighted by atomic mass is 35.5. The summed E-state index contributed by atoms with van der Waals surface area (Å²) in [6, 6.07) is 17.7. The number of benzene rings is 2. The van der Waals surface area contributed by atoms with Gasteiger partial charge in [0.15, 0.2) is 0 Å². The Hall–Kier alpha value is -2.04. The van der Waals surface area contributed by atoms with Gasteiger partial charge in [-0.05, 0) is 49.3 Å². The lowest BCUT2D eigenvalue weighted by molar-refractivity contribution is 0.0934. The molecule has 0 heterocycles. The summed E-state index contributed by atoms with van der Waals surface area (Å²) in [6.07, 6.45) is 0.921. The van der Waals surface area contributed by atoms with Crippen LogP contribution >= 0.6 is 12.4 Å². The van der Waals surface area contributed by atoms with Gasteiger partial charge in [-0.2, -0.15) is 0 Å². The number of amides is 1. The molecule has 25 heavy (non-hydrogen) atoms. The maximum atomic E-state index is 12.3. The van der Waals surface area contributed by atoms with Crippen molar-refractivity contribution in [2.45, 2.75) is 26.3 Å². The predicted octanol–water partition coefficient (Wildman–Crippen LogP) is 3.37. The molecule has 0 bridgehead atoms. The van der Waals surface area contributed by atoms with Crippen LogP contribution in [0.4, 0.5) is 5.69 Å². The van der Waals surface area contributed by atoms with Gasteiger partial charge in [-0.15, -0.1) is 12.4 Å². The van der Waals surface area contributed by atoms with Gasteiger partial charge in [-0.1, -0.05) is 44.2 Å². The van der Waals surface area contributed by atoms with Crippen molar-refractivity contribution < 1.29 is 4.79 Å². The van der Waals surface area contributed by atoms with Crippen LogP contribution in [0, 0.1) is 0 Å². The summed E-state index contributed by atoms with van der Waals surface area (Å²) in [5, 5.41) is 3.07. The minimum atomic E-state index is -0.0554. The van der Waals surface area contributed by atoms with Gasteiger partial charge in [-0.25, -0.2) is 0 Å². The molecule has 1 amide bonds. The zero-order chi connectivity index (χ0) is 17.4. The highest BCUT2D eigenvalue weighted by Gasteiger charge is 2.17. The summed E-state index contributed by atoms with van der Waals surface area (Å²) in [7, 11) is 0. The molecule has 0 saturated heterocycles. The maximum Gasteiger partial charge on any atom is 0.251 e. The zero-order valence-electron chi connectivity index (χ0n) is 14.9. The summed E-state index contributed by atoms with van der Waals surface area (Å²) in [6.45, 7) is 6.86. The molecule has 0 saturated carbocycles. The lowest BCUT2D eigenvalue weighted by atomic mass is 10.0. The van der Waals surface area contributed by atoms with E-state index in [1.165, 1.54) is 5.56 Å². The molecule has 0 spiro atoms. The number of hydrogen-bond acceptors (Lipinski definition) is 3. The molecule has 3 N–H and O–H groups in total. The average molecular weight is 362 g/mol. The first-order chi connectivity index (χ1) is 11.6. The fraction of sp³-hybridized carbons (Fsp3) is 0.350. The minimum absolute atomic E-state index is 0. The van der Waals surface area contributed by atoms with E-state index >= 15 is 0 Å². The second-order valence-corrected chi connectivity index (χ2v) is 5.90.